The van der Waals surface area contributed by atoms with E-state index in [1.54, 1.807) is 6.07 Å². The molecule has 0 bridgehead atoms. The number of benzene rings is 1. The Morgan fingerprint density at radius 1 is 1.07 bits per heavy atom. The van der Waals surface area contributed by atoms with Crippen molar-refractivity contribution in [2.75, 3.05) is 24.5 Å². The second-order valence-corrected chi connectivity index (χ2v) is 7.54. The fourth-order valence-electron chi connectivity index (χ4n) is 4.25. The van der Waals surface area contributed by atoms with Crippen molar-refractivity contribution in [3.8, 4) is 11.5 Å². The number of fused-ring (bicyclic) bond motifs is 1. The van der Waals surface area contributed by atoms with E-state index >= 15 is 0 Å². The van der Waals surface area contributed by atoms with Gasteiger partial charge in [-0.2, -0.15) is 0 Å². The fourth-order valence-corrected chi connectivity index (χ4v) is 4.25. The molecule has 0 saturated carbocycles. The summed E-state index contributed by atoms with van der Waals surface area (Å²) < 4.78 is 60.3. The van der Waals surface area contributed by atoms with Gasteiger partial charge in [-0.05, 0) is 31.9 Å². The SMILES string of the molecule is CC1[C@@H]2CC[C@H](Oc3cccc(OC(F)(F)F)c3)CN2CCN1c1ncc(F)cn1. The molecule has 2 aliphatic heterocycles. The average molecular weight is 426 g/mol. The minimum atomic E-state index is -4.74. The molecule has 2 aliphatic rings. The number of halogens is 4. The molecule has 30 heavy (non-hydrogen) atoms. The molecule has 3 atom stereocenters. The predicted molar refractivity (Wildman–Crippen MR) is 101 cm³/mol. The topological polar surface area (TPSA) is 50.7 Å². The van der Waals surface area contributed by atoms with E-state index in [-0.39, 0.29) is 23.9 Å². The van der Waals surface area contributed by atoms with Crippen LogP contribution in [-0.2, 0) is 0 Å². The Balaban J connectivity index is 1.37. The molecule has 2 aromatic rings. The van der Waals surface area contributed by atoms with E-state index in [0.717, 1.165) is 19.4 Å². The number of nitrogens with zero attached hydrogens (tertiary/aromatic N) is 4. The maximum atomic E-state index is 13.1. The van der Waals surface area contributed by atoms with Gasteiger partial charge in [0.25, 0.3) is 0 Å². The van der Waals surface area contributed by atoms with Crippen LogP contribution >= 0.6 is 0 Å². The molecule has 1 aromatic carbocycles. The summed E-state index contributed by atoms with van der Waals surface area (Å²) in [5, 5.41) is 0. The molecule has 2 saturated heterocycles. The van der Waals surface area contributed by atoms with Gasteiger partial charge in [0.05, 0.1) is 12.4 Å². The fraction of sp³-hybridized carbons (Fsp3) is 0.500. The molecule has 0 amide bonds. The van der Waals surface area contributed by atoms with Gasteiger partial charge in [0.1, 0.15) is 17.6 Å². The van der Waals surface area contributed by atoms with Crippen molar-refractivity contribution < 1.29 is 27.0 Å². The van der Waals surface area contributed by atoms with Gasteiger partial charge in [-0.25, -0.2) is 14.4 Å². The zero-order valence-electron chi connectivity index (χ0n) is 16.3. The van der Waals surface area contributed by atoms with E-state index in [1.807, 2.05) is 0 Å². The second kappa shape index (κ2) is 8.25. The van der Waals surface area contributed by atoms with Crippen LogP contribution in [0, 0.1) is 5.82 Å². The van der Waals surface area contributed by atoms with E-state index in [4.69, 9.17) is 4.74 Å². The molecule has 0 spiro atoms. The first kappa shape index (κ1) is 20.6. The third-order valence-electron chi connectivity index (χ3n) is 5.57. The number of hydrogen-bond donors (Lipinski definition) is 0. The first-order chi connectivity index (χ1) is 14.3. The Bertz CT molecular complexity index is 865. The van der Waals surface area contributed by atoms with Gasteiger partial charge in [0.2, 0.25) is 5.95 Å². The maximum absolute atomic E-state index is 13.1. The lowest BCUT2D eigenvalue weighted by Crippen LogP contribution is -2.62. The van der Waals surface area contributed by atoms with Crippen LogP contribution in [0.4, 0.5) is 23.5 Å². The van der Waals surface area contributed by atoms with Crippen LogP contribution < -0.4 is 14.4 Å². The van der Waals surface area contributed by atoms with Crippen LogP contribution in [0.5, 0.6) is 11.5 Å². The van der Waals surface area contributed by atoms with Crippen LogP contribution in [0.1, 0.15) is 19.8 Å². The Morgan fingerprint density at radius 3 is 2.53 bits per heavy atom. The van der Waals surface area contributed by atoms with Crippen molar-refractivity contribution in [1.29, 1.82) is 0 Å². The third kappa shape index (κ3) is 4.75. The molecule has 3 heterocycles. The van der Waals surface area contributed by atoms with Crippen molar-refractivity contribution in [2.24, 2.45) is 0 Å². The van der Waals surface area contributed by atoms with E-state index in [1.165, 1.54) is 30.6 Å². The van der Waals surface area contributed by atoms with Gasteiger partial charge in [-0.1, -0.05) is 6.07 Å². The van der Waals surface area contributed by atoms with E-state index in [2.05, 4.69) is 31.4 Å². The lowest BCUT2D eigenvalue weighted by Gasteiger charge is -2.50. The molecule has 162 valence electrons. The largest absolute Gasteiger partial charge is 0.573 e. The van der Waals surface area contributed by atoms with Crippen LogP contribution in [0.25, 0.3) is 0 Å². The number of hydrogen-bond acceptors (Lipinski definition) is 6. The number of piperazine rings is 1. The molecule has 4 rings (SSSR count). The Hall–Kier alpha value is -2.62. The zero-order valence-corrected chi connectivity index (χ0v) is 16.3. The molecule has 6 nitrogen and oxygen atoms in total. The minimum Gasteiger partial charge on any atom is -0.489 e. The number of aromatic nitrogens is 2. The maximum Gasteiger partial charge on any atom is 0.573 e. The predicted octanol–water partition coefficient (Wildman–Crippen LogP) is 3.63. The van der Waals surface area contributed by atoms with Crippen molar-refractivity contribution in [3.63, 3.8) is 0 Å². The quantitative estimate of drug-likeness (QED) is 0.696. The smallest absolute Gasteiger partial charge is 0.489 e. The minimum absolute atomic E-state index is 0.122. The summed E-state index contributed by atoms with van der Waals surface area (Å²) in [4.78, 5) is 12.6. The summed E-state index contributed by atoms with van der Waals surface area (Å²) >= 11 is 0. The number of ether oxygens (including phenoxy) is 2. The highest BCUT2D eigenvalue weighted by atomic mass is 19.4. The van der Waals surface area contributed by atoms with E-state index in [0.29, 0.717) is 24.8 Å². The highest BCUT2D eigenvalue weighted by Gasteiger charge is 2.39. The molecular formula is C20H22F4N4O2. The van der Waals surface area contributed by atoms with Gasteiger partial charge in [0, 0.05) is 37.8 Å². The van der Waals surface area contributed by atoms with Crippen LogP contribution in [0.15, 0.2) is 36.7 Å². The Kier molecular flexibility index (Phi) is 5.68. The number of alkyl halides is 3. The average Bonchev–Trinajstić information content (AvgIpc) is 2.68. The molecule has 0 radical (unpaired) electrons. The van der Waals surface area contributed by atoms with Gasteiger partial charge in [-0.15, -0.1) is 13.2 Å². The Morgan fingerprint density at radius 2 is 1.80 bits per heavy atom. The summed E-state index contributed by atoms with van der Waals surface area (Å²) in [6.45, 7) is 4.25. The first-order valence-electron chi connectivity index (χ1n) is 9.79. The van der Waals surface area contributed by atoms with Crippen molar-refractivity contribution >= 4 is 5.95 Å². The summed E-state index contributed by atoms with van der Waals surface area (Å²) in [5.41, 5.74) is 0. The van der Waals surface area contributed by atoms with Gasteiger partial charge in [-0.3, -0.25) is 4.90 Å². The molecule has 1 unspecified atom stereocenters. The van der Waals surface area contributed by atoms with Crippen molar-refractivity contribution in [1.82, 2.24) is 14.9 Å². The Labute approximate surface area is 171 Å². The summed E-state index contributed by atoms with van der Waals surface area (Å²) in [5.74, 6) is 0.109. The summed E-state index contributed by atoms with van der Waals surface area (Å²) in [7, 11) is 0. The lowest BCUT2D eigenvalue weighted by atomic mass is 9.92. The molecule has 10 heteroatoms. The van der Waals surface area contributed by atoms with Crippen molar-refractivity contribution in [3.05, 3.63) is 42.5 Å². The summed E-state index contributed by atoms with van der Waals surface area (Å²) in [6, 6.07) is 6.02. The highest BCUT2D eigenvalue weighted by molar-refractivity contribution is 5.34. The number of rotatable bonds is 4. The zero-order chi connectivity index (χ0) is 21.3. The molecule has 2 fully saturated rings. The number of anilines is 1. The molecule has 0 aliphatic carbocycles. The van der Waals surface area contributed by atoms with Gasteiger partial charge in [0.15, 0.2) is 5.82 Å². The summed E-state index contributed by atoms with van der Waals surface area (Å²) in [6.07, 6.45) is -0.883. The first-order valence-corrected chi connectivity index (χ1v) is 9.79. The number of piperidine rings is 1. The van der Waals surface area contributed by atoms with Crippen LogP contribution in [0.2, 0.25) is 0 Å². The molecule has 0 N–H and O–H groups in total. The van der Waals surface area contributed by atoms with Crippen molar-refractivity contribution in [2.45, 2.75) is 44.3 Å². The van der Waals surface area contributed by atoms with E-state index < -0.39 is 12.2 Å². The van der Waals surface area contributed by atoms with Crippen LogP contribution in [0.3, 0.4) is 0 Å². The van der Waals surface area contributed by atoms with Gasteiger partial charge >= 0.3 is 6.36 Å². The molecule has 1 aromatic heterocycles. The second-order valence-electron chi connectivity index (χ2n) is 7.54. The van der Waals surface area contributed by atoms with Gasteiger partial charge < -0.3 is 14.4 Å². The van der Waals surface area contributed by atoms with Crippen LogP contribution in [-0.4, -0.2) is 59.1 Å². The standard InChI is InChI=1S/C20H22F4N4O2/c1-13-18-6-5-17(29-15-3-2-4-16(9-15)30-20(22,23)24)12-27(18)7-8-28(13)19-25-10-14(21)11-26-19/h2-4,9-11,13,17-18H,5-8,12H2,1H3/t13?,17-,18-/m0/s1. The third-order valence-corrected chi connectivity index (χ3v) is 5.57. The molecular weight excluding hydrogens is 404 g/mol. The monoisotopic (exact) mass is 426 g/mol. The lowest BCUT2D eigenvalue weighted by molar-refractivity contribution is -0.274. The normalized spacial score (nSPS) is 25.0. The highest BCUT2D eigenvalue weighted by Crippen LogP contribution is 2.31. The van der Waals surface area contributed by atoms with E-state index in [9.17, 15) is 17.6 Å².